The molecule has 0 amide bonds. The predicted molar refractivity (Wildman–Crippen MR) is 59.4 cm³/mol. The van der Waals surface area contributed by atoms with Crippen LogP contribution in [0.1, 0.15) is 46.0 Å². The highest BCUT2D eigenvalue weighted by atomic mass is 16.1. The van der Waals surface area contributed by atoms with Crippen molar-refractivity contribution in [3.63, 3.8) is 0 Å². The van der Waals surface area contributed by atoms with Crippen molar-refractivity contribution >= 4 is 5.78 Å². The Morgan fingerprint density at radius 2 is 2.14 bits per heavy atom. The number of carbonyl (C=O) groups excluding carboxylic acids is 1. The Morgan fingerprint density at radius 1 is 1.36 bits per heavy atom. The lowest BCUT2D eigenvalue weighted by Gasteiger charge is -2.19. The van der Waals surface area contributed by atoms with Gasteiger partial charge in [-0.05, 0) is 45.2 Å². The molecule has 1 aliphatic heterocycles. The molecule has 1 atom stereocenters. The topological polar surface area (TPSA) is 20.3 Å². The molecule has 0 bridgehead atoms. The second-order valence-electron chi connectivity index (χ2n) is 4.50. The Kier molecular flexibility index (Phi) is 5.16. The highest BCUT2D eigenvalue weighted by Gasteiger charge is 2.15. The number of carbonyl (C=O) groups is 1. The van der Waals surface area contributed by atoms with Gasteiger partial charge in [0.2, 0.25) is 0 Å². The van der Waals surface area contributed by atoms with Crippen LogP contribution in [0, 0.1) is 5.92 Å². The van der Waals surface area contributed by atoms with Crippen LogP contribution < -0.4 is 0 Å². The van der Waals surface area contributed by atoms with Gasteiger partial charge in [-0.15, -0.1) is 0 Å². The molecular formula is C12H23NO. The molecule has 2 nitrogen and oxygen atoms in total. The van der Waals surface area contributed by atoms with Crippen LogP contribution in [0.3, 0.4) is 0 Å². The Balaban J connectivity index is 2.23. The van der Waals surface area contributed by atoms with Crippen molar-refractivity contribution < 1.29 is 4.79 Å². The lowest BCUT2D eigenvalue weighted by Crippen LogP contribution is -2.27. The third kappa shape index (κ3) is 4.23. The number of hydrogen-bond donors (Lipinski definition) is 0. The van der Waals surface area contributed by atoms with Crippen molar-refractivity contribution in [3.05, 3.63) is 0 Å². The maximum atomic E-state index is 10.9. The van der Waals surface area contributed by atoms with E-state index < -0.39 is 0 Å². The van der Waals surface area contributed by atoms with Gasteiger partial charge in [-0.2, -0.15) is 0 Å². The zero-order chi connectivity index (χ0) is 10.4. The van der Waals surface area contributed by atoms with Crippen LogP contribution in [-0.2, 0) is 4.79 Å². The Morgan fingerprint density at radius 3 is 2.79 bits per heavy atom. The molecule has 0 radical (unpaired) electrons. The van der Waals surface area contributed by atoms with Crippen LogP contribution in [0.2, 0.25) is 0 Å². The van der Waals surface area contributed by atoms with Crippen molar-refractivity contribution in [2.24, 2.45) is 5.92 Å². The molecule has 1 fully saturated rings. The van der Waals surface area contributed by atoms with Crippen LogP contribution in [-0.4, -0.2) is 30.3 Å². The SMILES string of the molecule is CCC1CCCN(CCC(C)=O)CC1. The van der Waals surface area contributed by atoms with Gasteiger partial charge in [0.15, 0.2) is 0 Å². The Hall–Kier alpha value is -0.370. The summed E-state index contributed by atoms with van der Waals surface area (Å²) in [5.74, 6) is 1.25. The smallest absolute Gasteiger partial charge is 0.131 e. The summed E-state index contributed by atoms with van der Waals surface area (Å²) < 4.78 is 0. The monoisotopic (exact) mass is 197 g/mol. The predicted octanol–water partition coefficient (Wildman–Crippen LogP) is 2.48. The van der Waals surface area contributed by atoms with Crippen LogP contribution in [0.15, 0.2) is 0 Å². The van der Waals surface area contributed by atoms with Crippen LogP contribution in [0.4, 0.5) is 0 Å². The van der Waals surface area contributed by atoms with Crippen LogP contribution in [0.5, 0.6) is 0 Å². The fraction of sp³-hybridized carbons (Fsp3) is 0.917. The number of nitrogens with zero attached hydrogens (tertiary/aromatic N) is 1. The fourth-order valence-electron chi connectivity index (χ4n) is 2.17. The van der Waals surface area contributed by atoms with Crippen molar-refractivity contribution in [2.75, 3.05) is 19.6 Å². The van der Waals surface area contributed by atoms with Gasteiger partial charge in [-0.25, -0.2) is 0 Å². The maximum absolute atomic E-state index is 10.9. The van der Waals surface area contributed by atoms with E-state index in [2.05, 4.69) is 11.8 Å². The van der Waals surface area contributed by atoms with Crippen molar-refractivity contribution in [2.45, 2.75) is 46.0 Å². The van der Waals surface area contributed by atoms with Crippen molar-refractivity contribution in [1.82, 2.24) is 4.90 Å². The normalized spacial score (nSPS) is 24.6. The van der Waals surface area contributed by atoms with Crippen LogP contribution >= 0.6 is 0 Å². The Labute approximate surface area is 87.7 Å². The second kappa shape index (κ2) is 6.18. The Bertz CT molecular complexity index is 179. The lowest BCUT2D eigenvalue weighted by molar-refractivity contribution is -0.117. The molecule has 0 spiro atoms. The molecule has 0 aromatic heterocycles. The van der Waals surface area contributed by atoms with Gasteiger partial charge in [0.25, 0.3) is 0 Å². The van der Waals surface area contributed by atoms with Gasteiger partial charge in [-0.3, -0.25) is 4.79 Å². The molecule has 0 aromatic carbocycles. The summed E-state index contributed by atoms with van der Waals surface area (Å²) in [6.07, 6.45) is 6.08. The highest BCUT2D eigenvalue weighted by molar-refractivity contribution is 5.75. The summed E-state index contributed by atoms with van der Waals surface area (Å²) in [5.41, 5.74) is 0. The molecule has 1 heterocycles. The summed E-state index contributed by atoms with van der Waals surface area (Å²) in [4.78, 5) is 13.3. The van der Waals surface area contributed by atoms with E-state index in [4.69, 9.17) is 0 Å². The zero-order valence-corrected chi connectivity index (χ0v) is 9.59. The fourth-order valence-corrected chi connectivity index (χ4v) is 2.17. The number of hydrogen-bond acceptors (Lipinski definition) is 2. The minimum Gasteiger partial charge on any atom is -0.303 e. The van der Waals surface area contributed by atoms with Crippen molar-refractivity contribution in [3.8, 4) is 0 Å². The van der Waals surface area contributed by atoms with E-state index in [-0.39, 0.29) is 0 Å². The van der Waals surface area contributed by atoms with Gasteiger partial charge in [0, 0.05) is 13.0 Å². The minimum atomic E-state index is 0.321. The maximum Gasteiger partial charge on any atom is 0.131 e. The van der Waals surface area contributed by atoms with E-state index >= 15 is 0 Å². The quantitative estimate of drug-likeness (QED) is 0.690. The van der Waals surface area contributed by atoms with Crippen LogP contribution in [0.25, 0.3) is 0 Å². The first-order valence-electron chi connectivity index (χ1n) is 5.94. The molecule has 0 N–H and O–H groups in total. The molecule has 0 saturated carbocycles. The molecule has 2 heteroatoms. The third-order valence-corrected chi connectivity index (χ3v) is 3.30. The van der Waals surface area contributed by atoms with Gasteiger partial charge < -0.3 is 4.90 Å². The van der Waals surface area contributed by atoms with E-state index in [0.717, 1.165) is 18.9 Å². The molecule has 14 heavy (non-hydrogen) atoms. The molecule has 1 unspecified atom stereocenters. The first kappa shape index (κ1) is 11.7. The molecule has 1 rings (SSSR count). The largest absolute Gasteiger partial charge is 0.303 e. The molecule has 82 valence electrons. The second-order valence-corrected chi connectivity index (χ2v) is 4.50. The average molecular weight is 197 g/mol. The zero-order valence-electron chi connectivity index (χ0n) is 9.59. The standard InChI is InChI=1S/C12H23NO/c1-3-12-5-4-8-13(10-7-12)9-6-11(2)14/h12H,3-10H2,1-2H3. The molecule has 0 aromatic rings. The number of ketones is 1. The van der Waals surface area contributed by atoms with Crippen molar-refractivity contribution in [1.29, 1.82) is 0 Å². The van der Waals surface area contributed by atoms with Gasteiger partial charge in [-0.1, -0.05) is 13.3 Å². The molecule has 1 aliphatic rings. The lowest BCUT2D eigenvalue weighted by atomic mass is 9.98. The first-order valence-corrected chi connectivity index (χ1v) is 5.94. The van der Waals surface area contributed by atoms with E-state index in [9.17, 15) is 4.79 Å². The van der Waals surface area contributed by atoms with E-state index in [1.807, 2.05) is 0 Å². The van der Waals surface area contributed by atoms with Gasteiger partial charge in [0.05, 0.1) is 0 Å². The summed E-state index contributed by atoms with van der Waals surface area (Å²) in [6.45, 7) is 7.35. The summed E-state index contributed by atoms with van der Waals surface area (Å²) in [5, 5.41) is 0. The number of Topliss-reactive ketones (excluding diaryl/α,β-unsaturated/α-hetero) is 1. The van der Waals surface area contributed by atoms with Gasteiger partial charge in [0.1, 0.15) is 5.78 Å². The average Bonchev–Trinajstić information content (AvgIpc) is 2.39. The summed E-state index contributed by atoms with van der Waals surface area (Å²) >= 11 is 0. The molecule has 0 aliphatic carbocycles. The minimum absolute atomic E-state index is 0.321. The number of rotatable bonds is 4. The highest BCUT2D eigenvalue weighted by Crippen LogP contribution is 2.20. The van der Waals surface area contributed by atoms with E-state index in [1.54, 1.807) is 6.92 Å². The summed E-state index contributed by atoms with van der Waals surface area (Å²) in [7, 11) is 0. The third-order valence-electron chi connectivity index (χ3n) is 3.30. The van der Waals surface area contributed by atoms with E-state index in [0.29, 0.717) is 5.78 Å². The first-order chi connectivity index (χ1) is 6.72. The van der Waals surface area contributed by atoms with E-state index in [1.165, 1.54) is 38.8 Å². The summed E-state index contributed by atoms with van der Waals surface area (Å²) in [6, 6.07) is 0. The van der Waals surface area contributed by atoms with Gasteiger partial charge >= 0.3 is 0 Å². The molecular weight excluding hydrogens is 174 g/mol. The number of likely N-dealkylation sites (tertiary alicyclic amines) is 1. The molecule has 1 saturated heterocycles.